The Balaban J connectivity index is 1.99. The van der Waals surface area contributed by atoms with Crippen LogP contribution in [0, 0.1) is 6.92 Å². The van der Waals surface area contributed by atoms with Crippen LogP contribution >= 0.6 is 11.3 Å². The minimum Gasteiger partial charge on any atom is -0.314 e. The number of thiophene rings is 1. The van der Waals surface area contributed by atoms with Crippen LogP contribution in [-0.4, -0.2) is 12.6 Å². The predicted molar refractivity (Wildman–Crippen MR) is 63.1 cm³/mol. The highest BCUT2D eigenvalue weighted by atomic mass is 32.1. The molecule has 0 aromatic carbocycles. The molecule has 0 saturated heterocycles. The van der Waals surface area contributed by atoms with E-state index >= 15 is 0 Å². The Kier molecular flexibility index (Phi) is 3.24. The molecule has 1 aliphatic rings. The Morgan fingerprint density at radius 3 is 3.00 bits per heavy atom. The number of rotatable bonds is 3. The molecule has 2 rings (SSSR count). The second-order valence-corrected chi connectivity index (χ2v) is 5.32. The molecule has 1 aromatic heterocycles. The average Bonchev–Trinajstić information content (AvgIpc) is 2.74. The number of aryl methyl sites for hydroxylation is 1. The first-order chi connectivity index (χ1) is 6.81. The van der Waals surface area contributed by atoms with Gasteiger partial charge >= 0.3 is 0 Å². The molecule has 1 nitrogen and oxygen atoms in total. The molecular weight excluding hydrogens is 190 g/mol. The van der Waals surface area contributed by atoms with Gasteiger partial charge < -0.3 is 5.32 Å². The summed E-state index contributed by atoms with van der Waals surface area (Å²) in [4.78, 5) is 1.52. The Hall–Kier alpha value is -0.340. The van der Waals surface area contributed by atoms with Crippen LogP contribution in [0.4, 0.5) is 0 Å². The molecule has 78 valence electrons. The van der Waals surface area contributed by atoms with Gasteiger partial charge in [-0.1, -0.05) is 6.92 Å². The number of hydrogen-bond acceptors (Lipinski definition) is 2. The van der Waals surface area contributed by atoms with Crippen molar-refractivity contribution in [2.75, 3.05) is 6.54 Å². The van der Waals surface area contributed by atoms with E-state index in [4.69, 9.17) is 0 Å². The Morgan fingerprint density at radius 2 is 2.36 bits per heavy atom. The third kappa shape index (κ3) is 2.01. The second kappa shape index (κ2) is 4.45. The second-order valence-electron chi connectivity index (χ2n) is 4.20. The SMILES string of the molecule is CCNC1CCC(c2ccsc2C)C1. The number of nitrogens with one attached hydrogen (secondary N) is 1. The van der Waals surface area contributed by atoms with Gasteiger partial charge in [-0.2, -0.15) is 0 Å². The highest BCUT2D eigenvalue weighted by molar-refractivity contribution is 7.10. The van der Waals surface area contributed by atoms with Gasteiger partial charge in [0.1, 0.15) is 0 Å². The van der Waals surface area contributed by atoms with Crippen molar-refractivity contribution in [1.82, 2.24) is 5.32 Å². The predicted octanol–water partition coefficient (Wildman–Crippen LogP) is 3.30. The van der Waals surface area contributed by atoms with E-state index in [2.05, 4.69) is 30.6 Å². The maximum absolute atomic E-state index is 3.56. The zero-order chi connectivity index (χ0) is 9.97. The van der Waals surface area contributed by atoms with Crippen molar-refractivity contribution in [2.45, 2.75) is 45.1 Å². The molecule has 0 spiro atoms. The molecule has 1 fully saturated rings. The molecule has 0 amide bonds. The molecule has 0 aliphatic heterocycles. The lowest BCUT2D eigenvalue weighted by Crippen LogP contribution is -2.25. The largest absolute Gasteiger partial charge is 0.314 e. The van der Waals surface area contributed by atoms with Crippen molar-refractivity contribution in [2.24, 2.45) is 0 Å². The molecule has 1 aromatic rings. The summed E-state index contributed by atoms with van der Waals surface area (Å²) in [7, 11) is 0. The fourth-order valence-electron chi connectivity index (χ4n) is 2.56. The molecule has 14 heavy (non-hydrogen) atoms. The molecule has 1 aliphatic carbocycles. The highest BCUT2D eigenvalue weighted by Gasteiger charge is 2.26. The highest BCUT2D eigenvalue weighted by Crippen LogP contribution is 2.37. The van der Waals surface area contributed by atoms with Crippen LogP contribution < -0.4 is 5.32 Å². The lowest BCUT2D eigenvalue weighted by atomic mass is 9.98. The average molecular weight is 209 g/mol. The van der Waals surface area contributed by atoms with Crippen molar-refractivity contribution in [1.29, 1.82) is 0 Å². The molecule has 2 heteroatoms. The monoisotopic (exact) mass is 209 g/mol. The van der Waals surface area contributed by atoms with Gasteiger partial charge in [0.25, 0.3) is 0 Å². The number of hydrogen-bond donors (Lipinski definition) is 1. The summed E-state index contributed by atoms with van der Waals surface area (Å²) in [5.41, 5.74) is 1.61. The molecule has 2 atom stereocenters. The first kappa shape index (κ1) is 10.2. The Bertz CT molecular complexity index is 292. The Morgan fingerprint density at radius 1 is 1.50 bits per heavy atom. The van der Waals surface area contributed by atoms with Gasteiger partial charge in [0.05, 0.1) is 0 Å². The van der Waals surface area contributed by atoms with E-state index in [1.807, 2.05) is 11.3 Å². The zero-order valence-corrected chi connectivity index (χ0v) is 9.86. The van der Waals surface area contributed by atoms with Gasteiger partial charge in [-0.15, -0.1) is 11.3 Å². The van der Waals surface area contributed by atoms with E-state index in [0.29, 0.717) is 0 Å². The van der Waals surface area contributed by atoms with Crippen molar-refractivity contribution >= 4 is 11.3 Å². The molecule has 1 heterocycles. The van der Waals surface area contributed by atoms with Gasteiger partial charge in [-0.05, 0) is 55.7 Å². The third-order valence-corrected chi connectivity index (χ3v) is 4.13. The van der Waals surface area contributed by atoms with Crippen LogP contribution in [0.5, 0.6) is 0 Å². The summed E-state index contributed by atoms with van der Waals surface area (Å²) >= 11 is 1.89. The smallest absolute Gasteiger partial charge is 0.00729 e. The van der Waals surface area contributed by atoms with Crippen molar-refractivity contribution < 1.29 is 0 Å². The molecular formula is C12H19NS. The molecule has 2 unspecified atom stereocenters. The van der Waals surface area contributed by atoms with E-state index in [0.717, 1.165) is 18.5 Å². The third-order valence-electron chi connectivity index (χ3n) is 3.26. The normalized spacial score (nSPS) is 27.0. The summed E-state index contributed by atoms with van der Waals surface area (Å²) in [6, 6.07) is 3.09. The van der Waals surface area contributed by atoms with E-state index in [9.17, 15) is 0 Å². The summed E-state index contributed by atoms with van der Waals surface area (Å²) in [5.74, 6) is 0.824. The zero-order valence-electron chi connectivity index (χ0n) is 9.05. The standard InChI is InChI=1S/C12H19NS/c1-3-13-11-5-4-10(8-11)12-6-7-14-9(12)2/h6-7,10-11,13H,3-5,8H2,1-2H3. The van der Waals surface area contributed by atoms with Gasteiger partial charge in [-0.25, -0.2) is 0 Å². The summed E-state index contributed by atoms with van der Waals surface area (Å²) in [6.07, 6.45) is 4.06. The van der Waals surface area contributed by atoms with Gasteiger partial charge in [-0.3, -0.25) is 0 Å². The Labute approximate surface area is 90.5 Å². The summed E-state index contributed by atoms with van der Waals surface area (Å²) in [6.45, 7) is 5.56. The van der Waals surface area contributed by atoms with E-state index in [1.165, 1.54) is 24.1 Å². The van der Waals surface area contributed by atoms with Gasteiger partial charge in [0.2, 0.25) is 0 Å². The van der Waals surface area contributed by atoms with Crippen molar-refractivity contribution in [3.8, 4) is 0 Å². The minimum absolute atomic E-state index is 0.768. The molecule has 0 radical (unpaired) electrons. The first-order valence-electron chi connectivity index (χ1n) is 5.58. The van der Waals surface area contributed by atoms with Crippen LogP contribution in [0.2, 0.25) is 0 Å². The van der Waals surface area contributed by atoms with Crippen LogP contribution in [0.15, 0.2) is 11.4 Å². The van der Waals surface area contributed by atoms with E-state index < -0.39 is 0 Å². The maximum Gasteiger partial charge on any atom is 0.00729 e. The van der Waals surface area contributed by atoms with Crippen molar-refractivity contribution in [3.05, 3.63) is 21.9 Å². The fourth-order valence-corrected chi connectivity index (χ4v) is 3.35. The quantitative estimate of drug-likeness (QED) is 0.805. The lowest BCUT2D eigenvalue weighted by Gasteiger charge is -2.11. The topological polar surface area (TPSA) is 12.0 Å². The van der Waals surface area contributed by atoms with Crippen molar-refractivity contribution in [3.63, 3.8) is 0 Å². The van der Waals surface area contributed by atoms with Crippen LogP contribution in [-0.2, 0) is 0 Å². The summed E-state index contributed by atoms with van der Waals surface area (Å²) in [5, 5.41) is 5.79. The van der Waals surface area contributed by atoms with Gasteiger partial charge in [0, 0.05) is 10.9 Å². The van der Waals surface area contributed by atoms with Crippen LogP contribution in [0.25, 0.3) is 0 Å². The lowest BCUT2D eigenvalue weighted by molar-refractivity contribution is 0.535. The minimum atomic E-state index is 0.768. The van der Waals surface area contributed by atoms with Crippen LogP contribution in [0.1, 0.15) is 42.5 Å². The summed E-state index contributed by atoms with van der Waals surface area (Å²) < 4.78 is 0. The maximum atomic E-state index is 3.56. The van der Waals surface area contributed by atoms with E-state index in [-0.39, 0.29) is 0 Å². The molecule has 1 saturated carbocycles. The molecule has 0 bridgehead atoms. The molecule has 1 N–H and O–H groups in total. The first-order valence-corrected chi connectivity index (χ1v) is 6.46. The van der Waals surface area contributed by atoms with Crippen LogP contribution in [0.3, 0.4) is 0 Å². The van der Waals surface area contributed by atoms with Gasteiger partial charge in [0.15, 0.2) is 0 Å². The fraction of sp³-hybridized carbons (Fsp3) is 0.667. The van der Waals surface area contributed by atoms with E-state index in [1.54, 1.807) is 5.56 Å².